The molecule has 298 valence electrons. The van der Waals surface area contributed by atoms with Crippen LogP contribution in [0.2, 0.25) is 13.1 Å². The van der Waals surface area contributed by atoms with Crippen molar-refractivity contribution in [1.82, 2.24) is 0 Å². The number of allylic oxidation sites excluding steroid dienone is 2. The molecule has 2 atom stereocenters. The SMILES string of the molecule is CCc1ccc2c(c1-c1ccc(C)cc1)C=C(c1occ3ccccc13)[CH]2[Zr]([Cl])([Cl])([CH]1C(c2occ3ccccc23)=Cc2c1ccc(CC)c2-c1ccc(C)cc1)=[Si](C)C. The van der Waals surface area contributed by atoms with Gasteiger partial charge in [0.2, 0.25) is 0 Å². The first kappa shape index (κ1) is 39.7. The normalized spacial score (nSPS) is 16.3. The van der Waals surface area contributed by atoms with Crippen LogP contribution in [0.5, 0.6) is 0 Å². The Hall–Kier alpha value is -4.44. The number of rotatable bonds is 8. The van der Waals surface area contributed by atoms with E-state index in [1.807, 2.05) is 12.5 Å². The summed E-state index contributed by atoms with van der Waals surface area (Å²) in [6.45, 7) is 13.6. The van der Waals surface area contributed by atoms with E-state index in [0.29, 0.717) is 0 Å². The molecule has 2 aliphatic carbocycles. The van der Waals surface area contributed by atoms with Crippen LogP contribution in [0.4, 0.5) is 0 Å². The summed E-state index contributed by atoms with van der Waals surface area (Å²) >= 11 is -5.54. The monoisotopic (exact) mass is 916 g/mol. The van der Waals surface area contributed by atoms with E-state index in [0.717, 1.165) is 57.1 Å². The van der Waals surface area contributed by atoms with Gasteiger partial charge in [-0.25, -0.2) is 0 Å². The Balaban J connectivity index is 1.32. The van der Waals surface area contributed by atoms with Crippen molar-refractivity contribution in [3.8, 4) is 22.3 Å². The number of fused-ring (bicyclic) bond motifs is 4. The Kier molecular flexibility index (Phi) is 9.84. The molecule has 8 aromatic rings. The Morgan fingerprint density at radius 3 is 1.32 bits per heavy atom. The van der Waals surface area contributed by atoms with Gasteiger partial charge in [0.05, 0.1) is 0 Å². The van der Waals surface area contributed by atoms with Crippen molar-refractivity contribution in [1.29, 1.82) is 0 Å². The van der Waals surface area contributed by atoms with Gasteiger partial charge in [0.1, 0.15) is 0 Å². The van der Waals surface area contributed by atoms with E-state index < -0.39 is 20.4 Å². The molecule has 6 aromatic carbocycles. The van der Waals surface area contributed by atoms with Crippen LogP contribution in [0.1, 0.15) is 77.1 Å². The van der Waals surface area contributed by atoms with Crippen molar-refractivity contribution in [2.75, 3.05) is 0 Å². The summed E-state index contributed by atoms with van der Waals surface area (Å²) in [4.78, 5) is 0. The summed E-state index contributed by atoms with van der Waals surface area (Å²) in [7, 11) is 18.3. The molecule has 6 heteroatoms. The van der Waals surface area contributed by atoms with Gasteiger partial charge in [-0.15, -0.1) is 0 Å². The number of hydrogen-bond acceptors (Lipinski definition) is 2. The van der Waals surface area contributed by atoms with Gasteiger partial charge in [0.15, 0.2) is 0 Å². The standard InChI is InChI=1S/2C26H21O.C2H6Si.2ClH.Zr/c2*1-3-18-12-13-20-14-22(26-23-7-5-4-6-21(23)16-27-26)15-24(20)25(18)19-10-8-17(2)9-11-19;1-3-2;;;/h2*4-16H,3H2,1-2H3;1-2H3;2*1H;/q;;;;;+2/p-2. The van der Waals surface area contributed by atoms with Crippen LogP contribution in [-0.4, -0.2) is 5.43 Å². The molecule has 0 radical (unpaired) electrons. The topological polar surface area (TPSA) is 26.3 Å². The first-order valence-electron chi connectivity index (χ1n) is 21.2. The quantitative estimate of drug-likeness (QED) is 0.142. The maximum absolute atomic E-state index is 9.16. The Morgan fingerprint density at radius 1 is 0.533 bits per heavy atom. The van der Waals surface area contributed by atoms with Gasteiger partial charge in [0, 0.05) is 0 Å². The molecule has 2 heterocycles. The number of benzene rings is 6. The third-order valence-corrected chi connectivity index (χ3v) is 59.8. The van der Waals surface area contributed by atoms with Gasteiger partial charge in [0.25, 0.3) is 0 Å². The van der Waals surface area contributed by atoms with Gasteiger partial charge in [-0.3, -0.25) is 0 Å². The molecule has 0 N–H and O–H groups in total. The van der Waals surface area contributed by atoms with Crippen molar-refractivity contribution in [3.63, 3.8) is 0 Å². The maximum atomic E-state index is 9.16. The first-order valence-corrected chi connectivity index (χ1v) is 36.6. The van der Waals surface area contributed by atoms with E-state index in [9.17, 15) is 0 Å². The van der Waals surface area contributed by atoms with Gasteiger partial charge >= 0.3 is 364 Å². The summed E-state index contributed by atoms with van der Waals surface area (Å²) in [5.74, 6) is 1.72. The molecule has 60 heavy (non-hydrogen) atoms. The van der Waals surface area contributed by atoms with Gasteiger partial charge < -0.3 is 0 Å². The van der Waals surface area contributed by atoms with Crippen LogP contribution < -0.4 is 0 Å². The Labute approximate surface area is 361 Å². The van der Waals surface area contributed by atoms with E-state index in [-0.39, 0.29) is 7.25 Å². The number of hydrogen-bond donors (Lipinski definition) is 0. The second-order valence-corrected chi connectivity index (χ2v) is 55.9. The van der Waals surface area contributed by atoms with Crippen molar-refractivity contribution < 1.29 is 23.8 Å². The third-order valence-electron chi connectivity index (χ3n) is 13.6. The van der Waals surface area contributed by atoms with Gasteiger partial charge in [-0.1, -0.05) is 0 Å². The first-order chi connectivity index (χ1) is 29.0. The number of furan rings is 2. The Bertz CT molecular complexity index is 2970. The molecule has 10 rings (SSSR count). The van der Waals surface area contributed by atoms with Crippen LogP contribution in [0.3, 0.4) is 0 Å². The van der Waals surface area contributed by atoms with E-state index in [1.165, 1.54) is 66.8 Å². The van der Waals surface area contributed by atoms with Crippen molar-refractivity contribution in [3.05, 3.63) is 190 Å². The molecule has 0 saturated heterocycles. The van der Waals surface area contributed by atoms with E-state index in [2.05, 4.69) is 174 Å². The summed E-state index contributed by atoms with van der Waals surface area (Å²) in [6, 6.07) is 44.3. The minimum absolute atomic E-state index is 0.271. The number of aryl methyl sites for hydroxylation is 4. The van der Waals surface area contributed by atoms with Crippen LogP contribution in [0.15, 0.2) is 143 Å². The van der Waals surface area contributed by atoms with Crippen LogP contribution in [-0.2, 0) is 27.9 Å². The zero-order chi connectivity index (χ0) is 41.5. The molecular formula is C54H48Cl2O2SiZr. The fourth-order valence-corrected chi connectivity index (χ4v) is 38.0. The predicted molar refractivity (Wildman–Crippen MR) is 255 cm³/mol. The van der Waals surface area contributed by atoms with Crippen LogP contribution in [0.25, 0.3) is 67.1 Å². The van der Waals surface area contributed by atoms with Crippen LogP contribution >= 0.6 is 17.0 Å². The second kappa shape index (κ2) is 14.9. The Morgan fingerprint density at radius 2 is 0.933 bits per heavy atom. The molecule has 0 spiro atoms. The zero-order valence-corrected chi connectivity index (χ0v) is 40.0. The fraction of sp³-hybridized carbons (Fsp3) is 0.185. The van der Waals surface area contributed by atoms with Crippen molar-refractivity contribution in [2.24, 2.45) is 0 Å². The molecule has 0 bridgehead atoms. The number of halogens is 2. The van der Waals surface area contributed by atoms with Crippen molar-refractivity contribution >= 4 is 67.3 Å². The third kappa shape index (κ3) is 5.96. The molecule has 0 fully saturated rings. The molecule has 2 nitrogen and oxygen atoms in total. The minimum atomic E-state index is -5.54. The molecular weight excluding hydrogens is 871 g/mol. The van der Waals surface area contributed by atoms with E-state index in [4.69, 9.17) is 25.9 Å². The summed E-state index contributed by atoms with van der Waals surface area (Å²) < 4.78 is 12.9. The average molecular weight is 919 g/mol. The van der Waals surface area contributed by atoms with E-state index in [1.54, 1.807) is 0 Å². The molecule has 0 amide bonds. The molecule has 0 saturated carbocycles. The van der Waals surface area contributed by atoms with Gasteiger partial charge in [-0.05, 0) is 0 Å². The predicted octanol–water partition coefficient (Wildman–Crippen LogP) is 16.4. The summed E-state index contributed by atoms with van der Waals surface area (Å²) in [6.07, 6.45) is 10.4. The average Bonchev–Trinajstić information content (AvgIpc) is 4.06. The van der Waals surface area contributed by atoms with Crippen molar-refractivity contribution in [2.45, 2.75) is 60.9 Å². The molecule has 2 unspecified atom stereocenters. The molecule has 0 aliphatic heterocycles. The fourth-order valence-electron chi connectivity index (χ4n) is 10.4. The second-order valence-electron chi connectivity index (χ2n) is 17.2. The summed E-state index contributed by atoms with van der Waals surface area (Å²) in [5.41, 5.74) is 15.5. The van der Waals surface area contributed by atoms with Crippen LogP contribution in [0, 0.1) is 13.8 Å². The molecule has 2 aliphatic rings. The zero-order valence-electron chi connectivity index (χ0n) is 35.0. The van der Waals surface area contributed by atoms with E-state index >= 15 is 0 Å². The summed E-state index contributed by atoms with van der Waals surface area (Å²) in [5, 5.41) is 4.29. The van der Waals surface area contributed by atoms with Gasteiger partial charge in [-0.2, -0.15) is 0 Å². The molecule has 2 aromatic heterocycles.